The molecule has 0 saturated carbocycles. The Morgan fingerprint density at radius 3 is 2.09 bits per heavy atom. The molecule has 136 valence electrons. The van der Waals surface area contributed by atoms with Crippen LogP contribution in [0.1, 0.15) is 20.3 Å². The van der Waals surface area contributed by atoms with Crippen molar-refractivity contribution in [2.45, 2.75) is 75.6 Å². The van der Waals surface area contributed by atoms with Crippen LogP contribution in [0.4, 0.5) is 0 Å². The fraction of sp³-hybridized carbons (Fsp3) is 1.00. The molecule has 0 radical (unpaired) electrons. The standard InChI is InChI=1S/C15H28O8/c1-7-11(16)14(20-5)12(17)15(22-7)23-13-8(2)21-10(19-4)6-9(13)18-3/h7-17H,6H2,1-5H3. The first kappa shape index (κ1) is 19.0. The summed E-state index contributed by atoms with van der Waals surface area (Å²) in [5.74, 6) is 0. The van der Waals surface area contributed by atoms with Gasteiger partial charge in [0.2, 0.25) is 0 Å². The SMILES string of the molecule is COC1CC(OC)C(OC2OC(C)C(O)C(OC)C2O)C(C)O1. The van der Waals surface area contributed by atoms with E-state index in [1.807, 2.05) is 6.92 Å². The first-order valence-electron chi connectivity index (χ1n) is 7.83. The van der Waals surface area contributed by atoms with Crippen molar-refractivity contribution in [3.8, 4) is 0 Å². The van der Waals surface area contributed by atoms with Gasteiger partial charge in [0, 0.05) is 27.8 Å². The largest absolute Gasteiger partial charge is 0.388 e. The molecule has 8 nitrogen and oxygen atoms in total. The van der Waals surface area contributed by atoms with Crippen molar-refractivity contribution >= 4 is 0 Å². The summed E-state index contributed by atoms with van der Waals surface area (Å²) >= 11 is 0. The number of hydrogen-bond acceptors (Lipinski definition) is 8. The fourth-order valence-electron chi connectivity index (χ4n) is 3.12. The molecule has 0 aromatic rings. The molecule has 23 heavy (non-hydrogen) atoms. The van der Waals surface area contributed by atoms with E-state index >= 15 is 0 Å². The molecular formula is C15H28O8. The minimum absolute atomic E-state index is 0.261. The number of aliphatic hydroxyl groups excluding tert-OH is 2. The summed E-state index contributed by atoms with van der Waals surface area (Å²) in [5, 5.41) is 20.4. The third-order valence-corrected chi connectivity index (χ3v) is 4.53. The van der Waals surface area contributed by atoms with Crippen molar-refractivity contribution < 1.29 is 38.6 Å². The van der Waals surface area contributed by atoms with Gasteiger partial charge >= 0.3 is 0 Å². The Kier molecular flexibility index (Phi) is 6.76. The molecule has 2 saturated heterocycles. The first-order valence-corrected chi connectivity index (χ1v) is 7.83. The molecule has 2 aliphatic rings. The molecule has 2 rings (SSSR count). The van der Waals surface area contributed by atoms with E-state index in [4.69, 9.17) is 28.4 Å². The second-order valence-electron chi connectivity index (χ2n) is 6.01. The number of rotatable bonds is 5. The molecule has 8 heteroatoms. The van der Waals surface area contributed by atoms with Crippen LogP contribution in [0.15, 0.2) is 0 Å². The van der Waals surface area contributed by atoms with Crippen LogP contribution >= 0.6 is 0 Å². The molecule has 0 aliphatic carbocycles. The van der Waals surface area contributed by atoms with E-state index in [9.17, 15) is 10.2 Å². The van der Waals surface area contributed by atoms with E-state index in [0.717, 1.165) is 0 Å². The molecule has 2 aliphatic heterocycles. The second-order valence-corrected chi connectivity index (χ2v) is 6.01. The van der Waals surface area contributed by atoms with Gasteiger partial charge in [0.15, 0.2) is 12.6 Å². The number of methoxy groups -OCH3 is 3. The maximum atomic E-state index is 10.3. The summed E-state index contributed by atoms with van der Waals surface area (Å²) in [6.07, 6.45) is -5.15. The summed E-state index contributed by atoms with van der Waals surface area (Å²) in [4.78, 5) is 0. The van der Waals surface area contributed by atoms with Crippen LogP contribution < -0.4 is 0 Å². The lowest BCUT2D eigenvalue weighted by molar-refractivity contribution is -0.338. The first-order chi connectivity index (χ1) is 10.9. The quantitative estimate of drug-likeness (QED) is 0.703. The fourth-order valence-corrected chi connectivity index (χ4v) is 3.12. The number of aliphatic hydroxyl groups is 2. The Bertz CT molecular complexity index is 367. The lowest BCUT2D eigenvalue weighted by Crippen LogP contribution is -2.60. The molecule has 2 N–H and O–H groups in total. The van der Waals surface area contributed by atoms with Gasteiger partial charge in [-0.25, -0.2) is 0 Å². The van der Waals surface area contributed by atoms with Gasteiger partial charge in [0.05, 0.1) is 18.3 Å². The topological polar surface area (TPSA) is 95.8 Å². The van der Waals surface area contributed by atoms with Crippen LogP contribution in [0.3, 0.4) is 0 Å². The van der Waals surface area contributed by atoms with Crippen LogP contribution in [-0.2, 0) is 28.4 Å². The maximum absolute atomic E-state index is 10.3. The molecule has 0 amide bonds. The molecule has 2 heterocycles. The Morgan fingerprint density at radius 1 is 0.826 bits per heavy atom. The number of ether oxygens (including phenoxy) is 6. The molecule has 0 spiro atoms. The highest BCUT2D eigenvalue weighted by Gasteiger charge is 2.47. The third kappa shape index (κ3) is 4.02. The van der Waals surface area contributed by atoms with E-state index < -0.39 is 36.8 Å². The second kappa shape index (κ2) is 8.17. The van der Waals surface area contributed by atoms with Crippen LogP contribution in [0.25, 0.3) is 0 Å². The monoisotopic (exact) mass is 336 g/mol. The molecule has 0 aromatic heterocycles. The van der Waals surface area contributed by atoms with E-state index in [-0.39, 0.29) is 18.5 Å². The zero-order chi connectivity index (χ0) is 17.1. The summed E-state index contributed by atoms with van der Waals surface area (Å²) < 4.78 is 33.1. The van der Waals surface area contributed by atoms with Crippen molar-refractivity contribution in [3.05, 3.63) is 0 Å². The van der Waals surface area contributed by atoms with E-state index in [2.05, 4.69) is 0 Å². The van der Waals surface area contributed by atoms with Crippen LogP contribution in [0.5, 0.6) is 0 Å². The van der Waals surface area contributed by atoms with Gasteiger partial charge in [-0.3, -0.25) is 0 Å². The van der Waals surface area contributed by atoms with Gasteiger partial charge in [-0.05, 0) is 13.8 Å². The van der Waals surface area contributed by atoms with Crippen molar-refractivity contribution in [1.29, 1.82) is 0 Å². The van der Waals surface area contributed by atoms with Crippen molar-refractivity contribution in [3.63, 3.8) is 0 Å². The van der Waals surface area contributed by atoms with Crippen LogP contribution in [0, 0.1) is 0 Å². The highest BCUT2D eigenvalue weighted by atomic mass is 16.7. The van der Waals surface area contributed by atoms with E-state index in [1.165, 1.54) is 7.11 Å². The van der Waals surface area contributed by atoms with Crippen molar-refractivity contribution in [1.82, 2.24) is 0 Å². The summed E-state index contributed by atoms with van der Waals surface area (Å²) in [6.45, 7) is 3.55. The summed E-state index contributed by atoms with van der Waals surface area (Å²) in [5.41, 5.74) is 0. The van der Waals surface area contributed by atoms with Gasteiger partial charge in [-0.2, -0.15) is 0 Å². The highest BCUT2D eigenvalue weighted by molar-refractivity contribution is 4.91. The normalized spacial score (nSPS) is 48.4. The zero-order valence-electron chi connectivity index (χ0n) is 14.2. The Morgan fingerprint density at radius 2 is 1.52 bits per heavy atom. The van der Waals surface area contributed by atoms with Crippen LogP contribution in [-0.4, -0.2) is 86.9 Å². The smallest absolute Gasteiger partial charge is 0.187 e. The maximum Gasteiger partial charge on any atom is 0.187 e. The van der Waals surface area contributed by atoms with Gasteiger partial charge < -0.3 is 38.6 Å². The van der Waals surface area contributed by atoms with E-state index in [0.29, 0.717) is 6.42 Å². The molecule has 0 aromatic carbocycles. The van der Waals surface area contributed by atoms with Gasteiger partial charge in [-0.1, -0.05) is 0 Å². The Hall–Kier alpha value is -0.320. The number of hydrogen-bond donors (Lipinski definition) is 2. The molecular weight excluding hydrogens is 308 g/mol. The summed E-state index contributed by atoms with van der Waals surface area (Å²) in [7, 11) is 4.60. The Labute approximate surface area is 136 Å². The summed E-state index contributed by atoms with van der Waals surface area (Å²) in [6, 6.07) is 0. The molecule has 2 fully saturated rings. The van der Waals surface area contributed by atoms with Gasteiger partial charge in [-0.15, -0.1) is 0 Å². The average molecular weight is 336 g/mol. The van der Waals surface area contributed by atoms with Gasteiger partial charge in [0.25, 0.3) is 0 Å². The third-order valence-electron chi connectivity index (χ3n) is 4.53. The lowest BCUT2D eigenvalue weighted by atomic mass is 9.98. The van der Waals surface area contributed by atoms with Crippen molar-refractivity contribution in [2.24, 2.45) is 0 Å². The highest BCUT2D eigenvalue weighted by Crippen LogP contribution is 2.30. The lowest BCUT2D eigenvalue weighted by Gasteiger charge is -2.45. The minimum atomic E-state index is -1.11. The minimum Gasteiger partial charge on any atom is -0.388 e. The molecule has 9 unspecified atom stereocenters. The zero-order valence-corrected chi connectivity index (χ0v) is 14.2. The average Bonchev–Trinajstić information content (AvgIpc) is 2.54. The predicted molar refractivity (Wildman–Crippen MR) is 78.8 cm³/mol. The molecule has 0 bridgehead atoms. The van der Waals surface area contributed by atoms with Crippen LogP contribution in [0.2, 0.25) is 0 Å². The van der Waals surface area contributed by atoms with Crippen molar-refractivity contribution in [2.75, 3.05) is 21.3 Å². The van der Waals surface area contributed by atoms with Gasteiger partial charge in [0.1, 0.15) is 24.4 Å². The predicted octanol–water partition coefficient (Wildman–Crippen LogP) is -0.350. The Balaban J connectivity index is 2.07. The molecule has 9 atom stereocenters. The van der Waals surface area contributed by atoms with E-state index in [1.54, 1.807) is 21.1 Å².